The molecule has 2 fully saturated rings. The molecular weight excluding hydrogens is 288 g/mol. The molecule has 2 amide bonds. The van der Waals surface area contributed by atoms with E-state index >= 15 is 0 Å². The summed E-state index contributed by atoms with van der Waals surface area (Å²) in [4.78, 5) is 27.9. The summed E-state index contributed by atoms with van der Waals surface area (Å²) in [6.45, 7) is 8.74. The van der Waals surface area contributed by atoms with Gasteiger partial charge >= 0.3 is 12.0 Å². The van der Waals surface area contributed by atoms with E-state index in [0.29, 0.717) is 36.4 Å². The van der Waals surface area contributed by atoms with Crippen LogP contribution in [0.3, 0.4) is 0 Å². The zero-order valence-corrected chi connectivity index (χ0v) is 14.0. The molecule has 0 bridgehead atoms. The quantitative estimate of drug-likeness (QED) is 0.869. The summed E-state index contributed by atoms with van der Waals surface area (Å²) in [5, 5.41) is 10.4. The fraction of sp³-hybridized carbons (Fsp3) is 0.867. The predicted molar refractivity (Wildman–Crippen MR) is 84.7 cm³/mol. The van der Waals surface area contributed by atoms with Gasteiger partial charge in [-0.15, -0.1) is 0 Å². The number of carbonyl (C=O) groups is 2. The number of carbonyl (C=O) groups excluding carboxylic acids is 1. The maximum absolute atomic E-state index is 12.7. The van der Waals surface area contributed by atoms with Gasteiger partial charge in [0, 0.05) is 36.7 Å². The summed E-state index contributed by atoms with van der Waals surface area (Å²) in [5.41, 5.74) is -0.730. The van der Waals surface area contributed by atoms with Gasteiger partial charge in [0.15, 0.2) is 0 Å². The number of carboxylic acid groups (broad SMARTS) is 1. The van der Waals surface area contributed by atoms with Gasteiger partial charge < -0.3 is 14.9 Å². The molecule has 6 heteroatoms. The third kappa shape index (κ3) is 3.47. The Morgan fingerprint density at radius 3 is 2.38 bits per heavy atom. The molecule has 0 aliphatic carbocycles. The normalized spacial score (nSPS) is 33.3. The first-order valence-corrected chi connectivity index (χ1v) is 8.75. The van der Waals surface area contributed by atoms with Crippen molar-refractivity contribution in [3.63, 3.8) is 0 Å². The summed E-state index contributed by atoms with van der Waals surface area (Å²) < 4.78 is 0. The molecule has 0 aromatic carbocycles. The molecule has 2 aliphatic heterocycles. The van der Waals surface area contributed by atoms with Crippen molar-refractivity contribution >= 4 is 23.8 Å². The molecule has 2 rings (SSSR count). The number of rotatable bonds is 3. The van der Waals surface area contributed by atoms with E-state index in [2.05, 4.69) is 13.8 Å². The van der Waals surface area contributed by atoms with Crippen molar-refractivity contribution in [2.24, 2.45) is 5.41 Å². The van der Waals surface area contributed by atoms with Crippen LogP contribution in [0.5, 0.6) is 0 Å². The van der Waals surface area contributed by atoms with E-state index in [9.17, 15) is 14.7 Å². The van der Waals surface area contributed by atoms with Gasteiger partial charge in [0.25, 0.3) is 0 Å². The molecule has 2 saturated heterocycles. The SMILES string of the molecule is CCCC1(C(=O)O)CCN(C(=O)N2CC(C)SC(C)C2)C1. The first-order valence-electron chi connectivity index (χ1n) is 7.80. The second-order valence-corrected chi connectivity index (χ2v) is 8.33. The summed E-state index contributed by atoms with van der Waals surface area (Å²) in [7, 11) is 0. The minimum Gasteiger partial charge on any atom is -0.481 e. The molecular formula is C15H26N2O3S. The number of aliphatic carboxylic acids is 1. The molecule has 3 atom stereocenters. The van der Waals surface area contributed by atoms with Gasteiger partial charge in [-0.1, -0.05) is 27.2 Å². The summed E-state index contributed by atoms with van der Waals surface area (Å²) in [5.74, 6) is -0.754. The molecule has 0 aromatic rings. The monoisotopic (exact) mass is 314 g/mol. The molecule has 5 nitrogen and oxygen atoms in total. The van der Waals surface area contributed by atoms with Crippen LogP contribution < -0.4 is 0 Å². The van der Waals surface area contributed by atoms with E-state index in [-0.39, 0.29) is 6.03 Å². The third-order valence-electron chi connectivity index (χ3n) is 4.50. The highest BCUT2D eigenvalue weighted by Crippen LogP contribution is 2.36. The van der Waals surface area contributed by atoms with Crippen LogP contribution >= 0.6 is 11.8 Å². The minimum atomic E-state index is -0.754. The Hall–Kier alpha value is -0.910. The number of hydrogen-bond donors (Lipinski definition) is 1. The zero-order valence-electron chi connectivity index (χ0n) is 13.2. The average molecular weight is 314 g/mol. The van der Waals surface area contributed by atoms with Crippen molar-refractivity contribution in [3.8, 4) is 0 Å². The van der Waals surface area contributed by atoms with Crippen molar-refractivity contribution in [1.29, 1.82) is 0 Å². The van der Waals surface area contributed by atoms with E-state index < -0.39 is 11.4 Å². The number of thioether (sulfide) groups is 1. The molecule has 0 aromatic heterocycles. The second-order valence-electron chi connectivity index (χ2n) is 6.45. The van der Waals surface area contributed by atoms with E-state index in [0.717, 1.165) is 19.5 Å². The predicted octanol–water partition coefficient (Wildman–Crippen LogP) is 2.51. The molecule has 0 radical (unpaired) electrons. The highest BCUT2D eigenvalue weighted by atomic mass is 32.2. The molecule has 3 unspecified atom stereocenters. The first kappa shape index (κ1) is 16.5. The summed E-state index contributed by atoms with van der Waals surface area (Å²) >= 11 is 1.91. The van der Waals surface area contributed by atoms with E-state index in [1.165, 1.54) is 0 Å². The van der Waals surface area contributed by atoms with Crippen molar-refractivity contribution in [2.75, 3.05) is 26.2 Å². The van der Waals surface area contributed by atoms with E-state index in [1.54, 1.807) is 4.90 Å². The van der Waals surface area contributed by atoms with Gasteiger partial charge in [-0.2, -0.15) is 11.8 Å². The van der Waals surface area contributed by atoms with Gasteiger partial charge in [0.1, 0.15) is 0 Å². The Labute approximate surface area is 131 Å². The highest BCUT2D eigenvalue weighted by molar-refractivity contribution is 8.00. The van der Waals surface area contributed by atoms with Gasteiger partial charge in [0.05, 0.1) is 5.41 Å². The van der Waals surface area contributed by atoms with Gasteiger partial charge in [0.2, 0.25) is 0 Å². The standard InChI is InChI=1S/C15H26N2O3S/c1-4-5-15(13(18)19)6-7-16(10-15)14(20)17-8-11(2)21-12(3)9-17/h11-12H,4-10H2,1-3H3,(H,18,19). The lowest BCUT2D eigenvalue weighted by Gasteiger charge is -2.37. The number of likely N-dealkylation sites (tertiary alicyclic amines) is 1. The Morgan fingerprint density at radius 1 is 1.24 bits per heavy atom. The van der Waals surface area contributed by atoms with Crippen LogP contribution in [0.4, 0.5) is 4.79 Å². The van der Waals surface area contributed by atoms with Crippen LogP contribution in [0.2, 0.25) is 0 Å². The Morgan fingerprint density at radius 2 is 1.86 bits per heavy atom. The van der Waals surface area contributed by atoms with Gasteiger partial charge in [-0.25, -0.2) is 4.79 Å². The molecule has 1 N–H and O–H groups in total. The fourth-order valence-corrected chi connectivity index (χ4v) is 4.86. The molecule has 2 aliphatic rings. The second kappa shape index (κ2) is 6.46. The lowest BCUT2D eigenvalue weighted by Crippen LogP contribution is -2.50. The highest BCUT2D eigenvalue weighted by Gasteiger charge is 2.46. The topological polar surface area (TPSA) is 60.9 Å². The molecule has 2 heterocycles. The lowest BCUT2D eigenvalue weighted by atomic mass is 9.83. The summed E-state index contributed by atoms with van der Waals surface area (Å²) in [6.07, 6.45) is 2.06. The van der Waals surface area contributed by atoms with Crippen LogP contribution in [0.15, 0.2) is 0 Å². The van der Waals surface area contributed by atoms with Crippen LogP contribution in [-0.4, -0.2) is 63.6 Å². The summed E-state index contributed by atoms with van der Waals surface area (Å²) in [6, 6.07) is 0.0215. The largest absolute Gasteiger partial charge is 0.481 e. The number of carboxylic acids is 1. The van der Waals surface area contributed by atoms with Crippen LogP contribution in [0, 0.1) is 5.41 Å². The molecule has 0 saturated carbocycles. The van der Waals surface area contributed by atoms with Crippen LogP contribution in [-0.2, 0) is 4.79 Å². The number of nitrogens with zero attached hydrogens (tertiary/aromatic N) is 2. The maximum Gasteiger partial charge on any atom is 0.320 e. The van der Waals surface area contributed by atoms with Crippen LogP contribution in [0.1, 0.15) is 40.0 Å². The third-order valence-corrected chi connectivity index (χ3v) is 5.72. The Kier molecular flexibility index (Phi) is 5.07. The van der Waals surface area contributed by atoms with Crippen molar-refractivity contribution < 1.29 is 14.7 Å². The zero-order chi connectivity index (χ0) is 15.6. The van der Waals surface area contributed by atoms with Crippen molar-refractivity contribution in [3.05, 3.63) is 0 Å². The first-order chi connectivity index (χ1) is 9.88. The average Bonchev–Trinajstić information content (AvgIpc) is 2.83. The fourth-order valence-electron chi connectivity index (χ4n) is 3.53. The van der Waals surface area contributed by atoms with Gasteiger partial charge in [-0.05, 0) is 12.8 Å². The van der Waals surface area contributed by atoms with Crippen molar-refractivity contribution in [2.45, 2.75) is 50.5 Å². The number of amides is 2. The molecule has 0 spiro atoms. The smallest absolute Gasteiger partial charge is 0.320 e. The van der Waals surface area contributed by atoms with E-state index in [4.69, 9.17) is 0 Å². The van der Waals surface area contributed by atoms with Crippen molar-refractivity contribution in [1.82, 2.24) is 9.80 Å². The Balaban J connectivity index is 2.03. The Bertz CT molecular complexity index is 408. The van der Waals surface area contributed by atoms with Gasteiger partial charge in [-0.3, -0.25) is 4.79 Å². The minimum absolute atomic E-state index is 0.0215. The number of urea groups is 1. The van der Waals surface area contributed by atoms with Crippen LogP contribution in [0.25, 0.3) is 0 Å². The maximum atomic E-state index is 12.7. The van der Waals surface area contributed by atoms with E-state index in [1.807, 2.05) is 23.6 Å². The number of hydrogen-bond acceptors (Lipinski definition) is 3. The lowest BCUT2D eigenvalue weighted by molar-refractivity contribution is -0.148. The molecule has 21 heavy (non-hydrogen) atoms. The molecule has 120 valence electrons.